The van der Waals surface area contributed by atoms with E-state index in [9.17, 15) is 4.79 Å². The van der Waals surface area contributed by atoms with E-state index in [0.29, 0.717) is 18.5 Å². The first-order chi connectivity index (χ1) is 7.56. The molecule has 1 amide bonds. The van der Waals surface area contributed by atoms with E-state index in [1.807, 2.05) is 6.92 Å². The van der Waals surface area contributed by atoms with Crippen molar-refractivity contribution in [1.82, 2.24) is 10.2 Å². The fraction of sp³-hybridized carbons (Fsp3) is 0.917. The summed E-state index contributed by atoms with van der Waals surface area (Å²) in [7, 11) is 0. The first kappa shape index (κ1) is 13.5. The number of amides is 1. The second-order valence-corrected chi connectivity index (χ2v) is 5.07. The SMILES string of the molecule is CC(C)CNC(=O)C(C)N(CCN)C1CC1. The topological polar surface area (TPSA) is 58.4 Å². The highest BCUT2D eigenvalue weighted by molar-refractivity contribution is 5.81. The largest absolute Gasteiger partial charge is 0.354 e. The van der Waals surface area contributed by atoms with Gasteiger partial charge in [0.2, 0.25) is 5.91 Å². The summed E-state index contributed by atoms with van der Waals surface area (Å²) in [5.74, 6) is 0.633. The van der Waals surface area contributed by atoms with Crippen LogP contribution in [0.3, 0.4) is 0 Å². The van der Waals surface area contributed by atoms with Crippen LogP contribution in [0.1, 0.15) is 33.6 Å². The van der Waals surface area contributed by atoms with Gasteiger partial charge in [-0.05, 0) is 25.7 Å². The monoisotopic (exact) mass is 227 g/mol. The predicted octanol–water partition coefficient (Wildman–Crippen LogP) is 0.570. The van der Waals surface area contributed by atoms with Crippen molar-refractivity contribution in [2.24, 2.45) is 11.7 Å². The Balaban J connectivity index is 2.39. The minimum atomic E-state index is -0.0465. The molecule has 1 aliphatic carbocycles. The Morgan fingerprint density at radius 1 is 1.44 bits per heavy atom. The van der Waals surface area contributed by atoms with E-state index < -0.39 is 0 Å². The highest BCUT2D eigenvalue weighted by Gasteiger charge is 2.34. The fourth-order valence-electron chi connectivity index (χ4n) is 1.85. The Morgan fingerprint density at radius 3 is 2.50 bits per heavy atom. The number of carbonyl (C=O) groups is 1. The standard InChI is InChI=1S/C12H25N3O/c1-9(2)8-14-12(16)10(3)15(7-6-13)11-4-5-11/h9-11H,4-8,13H2,1-3H3,(H,14,16). The Bertz CT molecular complexity index is 226. The van der Waals surface area contributed by atoms with Crippen LogP contribution in [-0.4, -0.2) is 42.5 Å². The van der Waals surface area contributed by atoms with Crippen molar-refractivity contribution in [1.29, 1.82) is 0 Å². The lowest BCUT2D eigenvalue weighted by Gasteiger charge is -2.27. The number of hydrogen-bond donors (Lipinski definition) is 2. The lowest BCUT2D eigenvalue weighted by atomic mass is 10.2. The molecular weight excluding hydrogens is 202 g/mol. The molecule has 16 heavy (non-hydrogen) atoms. The van der Waals surface area contributed by atoms with Crippen LogP contribution in [0.25, 0.3) is 0 Å². The number of rotatable bonds is 7. The summed E-state index contributed by atoms with van der Waals surface area (Å²) in [5.41, 5.74) is 5.58. The summed E-state index contributed by atoms with van der Waals surface area (Å²) in [5, 5.41) is 2.98. The van der Waals surface area contributed by atoms with E-state index in [1.165, 1.54) is 12.8 Å². The molecule has 3 N–H and O–H groups in total. The van der Waals surface area contributed by atoms with Crippen LogP contribution in [-0.2, 0) is 4.79 Å². The molecular formula is C12H25N3O. The van der Waals surface area contributed by atoms with Crippen LogP contribution in [0.15, 0.2) is 0 Å². The van der Waals surface area contributed by atoms with Crippen molar-refractivity contribution in [3.05, 3.63) is 0 Å². The number of nitrogens with one attached hydrogen (secondary N) is 1. The molecule has 0 heterocycles. The van der Waals surface area contributed by atoms with Crippen molar-refractivity contribution in [3.63, 3.8) is 0 Å². The van der Waals surface area contributed by atoms with Crippen molar-refractivity contribution < 1.29 is 4.79 Å². The average Bonchev–Trinajstić information content (AvgIpc) is 3.05. The third-order valence-electron chi connectivity index (χ3n) is 2.96. The Kier molecular flexibility index (Phi) is 5.22. The number of nitrogens with zero attached hydrogens (tertiary/aromatic N) is 1. The van der Waals surface area contributed by atoms with Crippen molar-refractivity contribution >= 4 is 5.91 Å². The second kappa shape index (κ2) is 6.21. The van der Waals surface area contributed by atoms with Gasteiger partial charge in [0.1, 0.15) is 0 Å². The van der Waals surface area contributed by atoms with E-state index in [1.54, 1.807) is 0 Å². The fourth-order valence-corrected chi connectivity index (χ4v) is 1.85. The summed E-state index contributed by atoms with van der Waals surface area (Å²) in [6.07, 6.45) is 2.42. The van der Waals surface area contributed by atoms with Crippen molar-refractivity contribution in [2.45, 2.75) is 45.7 Å². The number of nitrogens with two attached hydrogens (primary N) is 1. The van der Waals surface area contributed by atoms with Crippen LogP contribution < -0.4 is 11.1 Å². The maximum absolute atomic E-state index is 11.9. The first-order valence-electron chi connectivity index (χ1n) is 6.29. The minimum Gasteiger partial charge on any atom is -0.354 e. The van der Waals surface area contributed by atoms with Crippen molar-refractivity contribution in [2.75, 3.05) is 19.6 Å². The number of hydrogen-bond acceptors (Lipinski definition) is 3. The van der Waals surface area contributed by atoms with Crippen LogP contribution in [0.5, 0.6) is 0 Å². The molecule has 0 aromatic carbocycles. The lowest BCUT2D eigenvalue weighted by Crippen LogP contribution is -2.48. The Morgan fingerprint density at radius 2 is 2.06 bits per heavy atom. The molecule has 0 bridgehead atoms. The molecule has 0 spiro atoms. The molecule has 0 aliphatic heterocycles. The van der Waals surface area contributed by atoms with Gasteiger partial charge in [-0.25, -0.2) is 0 Å². The van der Waals surface area contributed by atoms with Gasteiger partial charge in [-0.1, -0.05) is 13.8 Å². The zero-order chi connectivity index (χ0) is 12.1. The molecule has 0 aromatic rings. The lowest BCUT2D eigenvalue weighted by molar-refractivity contribution is -0.126. The van der Waals surface area contributed by atoms with Gasteiger partial charge in [0.05, 0.1) is 6.04 Å². The third kappa shape index (κ3) is 4.10. The van der Waals surface area contributed by atoms with E-state index in [-0.39, 0.29) is 11.9 Å². The molecule has 1 unspecified atom stereocenters. The van der Waals surface area contributed by atoms with Crippen LogP contribution in [0, 0.1) is 5.92 Å². The molecule has 1 saturated carbocycles. The number of carbonyl (C=O) groups excluding carboxylic acids is 1. The molecule has 1 rings (SSSR count). The molecule has 0 saturated heterocycles. The van der Waals surface area contributed by atoms with Gasteiger partial charge >= 0.3 is 0 Å². The van der Waals surface area contributed by atoms with E-state index >= 15 is 0 Å². The molecule has 1 fully saturated rings. The van der Waals surface area contributed by atoms with Gasteiger partial charge in [0.15, 0.2) is 0 Å². The Labute approximate surface area is 98.6 Å². The summed E-state index contributed by atoms with van der Waals surface area (Å²) >= 11 is 0. The van der Waals surface area contributed by atoms with Crippen LogP contribution in [0.4, 0.5) is 0 Å². The summed E-state index contributed by atoms with van der Waals surface area (Å²) in [4.78, 5) is 14.1. The van der Waals surface area contributed by atoms with Gasteiger partial charge in [-0.3, -0.25) is 9.69 Å². The Hall–Kier alpha value is -0.610. The molecule has 4 nitrogen and oxygen atoms in total. The van der Waals surface area contributed by atoms with Gasteiger partial charge < -0.3 is 11.1 Å². The van der Waals surface area contributed by atoms with Gasteiger partial charge in [0, 0.05) is 25.7 Å². The van der Waals surface area contributed by atoms with E-state index in [2.05, 4.69) is 24.1 Å². The van der Waals surface area contributed by atoms with Gasteiger partial charge in [-0.15, -0.1) is 0 Å². The van der Waals surface area contributed by atoms with Crippen LogP contribution in [0.2, 0.25) is 0 Å². The maximum atomic E-state index is 11.9. The maximum Gasteiger partial charge on any atom is 0.237 e. The van der Waals surface area contributed by atoms with Gasteiger partial charge in [-0.2, -0.15) is 0 Å². The quantitative estimate of drug-likeness (QED) is 0.668. The highest BCUT2D eigenvalue weighted by atomic mass is 16.2. The zero-order valence-corrected chi connectivity index (χ0v) is 10.7. The normalized spacial score (nSPS) is 17.9. The molecule has 4 heteroatoms. The predicted molar refractivity (Wildman–Crippen MR) is 66.1 cm³/mol. The van der Waals surface area contributed by atoms with Crippen molar-refractivity contribution in [3.8, 4) is 0 Å². The van der Waals surface area contributed by atoms with E-state index in [0.717, 1.165) is 13.1 Å². The second-order valence-electron chi connectivity index (χ2n) is 5.07. The molecule has 0 radical (unpaired) electrons. The third-order valence-corrected chi connectivity index (χ3v) is 2.96. The summed E-state index contributed by atoms with van der Waals surface area (Å²) < 4.78 is 0. The summed E-state index contributed by atoms with van der Waals surface area (Å²) in [6.45, 7) is 8.38. The van der Waals surface area contributed by atoms with Gasteiger partial charge in [0.25, 0.3) is 0 Å². The zero-order valence-electron chi connectivity index (χ0n) is 10.7. The first-order valence-corrected chi connectivity index (χ1v) is 6.29. The smallest absolute Gasteiger partial charge is 0.237 e. The molecule has 1 atom stereocenters. The minimum absolute atomic E-state index is 0.0465. The highest BCUT2D eigenvalue weighted by Crippen LogP contribution is 2.28. The average molecular weight is 227 g/mol. The molecule has 0 aromatic heterocycles. The van der Waals surface area contributed by atoms with Crippen LogP contribution >= 0.6 is 0 Å². The molecule has 1 aliphatic rings. The van der Waals surface area contributed by atoms with E-state index in [4.69, 9.17) is 5.73 Å². The summed E-state index contributed by atoms with van der Waals surface area (Å²) in [6, 6.07) is 0.540. The molecule has 94 valence electrons.